The first-order chi connectivity index (χ1) is 8.14. The summed E-state index contributed by atoms with van der Waals surface area (Å²) in [5.74, 6) is 0.511. The molecule has 1 aromatic heterocycles. The van der Waals surface area contributed by atoms with Gasteiger partial charge in [0, 0.05) is 23.8 Å². The van der Waals surface area contributed by atoms with Gasteiger partial charge in [0.2, 0.25) is 0 Å². The van der Waals surface area contributed by atoms with Crippen molar-refractivity contribution in [1.29, 1.82) is 0 Å². The van der Waals surface area contributed by atoms with Gasteiger partial charge in [-0.25, -0.2) is 8.42 Å². The quantitative estimate of drug-likeness (QED) is 0.792. The van der Waals surface area contributed by atoms with Crippen molar-refractivity contribution >= 4 is 33.0 Å². The van der Waals surface area contributed by atoms with Crippen molar-refractivity contribution in [3.05, 3.63) is 17.0 Å². The Morgan fingerprint density at radius 1 is 1.35 bits per heavy atom. The number of aryl methyl sites for hydroxylation is 1. The molecular weight excluding hydrogens is 282 g/mol. The number of hydrogen-bond donors (Lipinski definition) is 0. The van der Waals surface area contributed by atoms with Crippen LogP contribution in [0.3, 0.4) is 0 Å². The lowest BCUT2D eigenvalue weighted by atomic mass is 10.4. The SMILES string of the molecule is O=S(=O)(c1ccc(CCCl)s1)N1CCOCC1. The molecule has 96 valence electrons. The van der Waals surface area contributed by atoms with Crippen LogP contribution in [-0.4, -0.2) is 44.9 Å². The number of hydrogen-bond acceptors (Lipinski definition) is 4. The van der Waals surface area contributed by atoms with Gasteiger partial charge in [-0.3, -0.25) is 0 Å². The first-order valence-electron chi connectivity index (χ1n) is 5.37. The lowest BCUT2D eigenvalue weighted by Crippen LogP contribution is -2.40. The van der Waals surface area contributed by atoms with Gasteiger partial charge < -0.3 is 4.74 Å². The second-order valence-electron chi connectivity index (χ2n) is 3.68. The summed E-state index contributed by atoms with van der Waals surface area (Å²) in [7, 11) is -3.33. The van der Waals surface area contributed by atoms with E-state index >= 15 is 0 Å². The third kappa shape index (κ3) is 3.00. The van der Waals surface area contributed by atoms with Crippen LogP contribution in [0.25, 0.3) is 0 Å². The highest BCUT2D eigenvalue weighted by Gasteiger charge is 2.27. The van der Waals surface area contributed by atoms with Gasteiger partial charge in [-0.15, -0.1) is 22.9 Å². The maximum atomic E-state index is 12.3. The van der Waals surface area contributed by atoms with Crippen LogP contribution in [0.15, 0.2) is 16.3 Å². The number of sulfonamides is 1. The Labute approximate surface area is 110 Å². The van der Waals surface area contributed by atoms with E-state index in [1.165, 1.54) is 15.6 Å². The number of ether oxygens (including phenoxy) is 1. The molecule has 0 bridgehead atoms. The van der Waals surface area contributed by atoms with E-state index in [2.05, 4.69) is 0 Å². The number of thiophene rings is 1. The summed E-state index contributed by atoms with van der Waals surface area (Å²) < 4.78 is 31.5. The number of nitrogens with zero attached hydrogens (tertiary/aromatic N) is 1. The monoisotopic (exact) mass is 295 g/mol. The molecule has 0 radical (unpaired) electrons. The molecule has 0 saturated carbocycles. The van der Waals surface area contributed by atoms with E-state index in [0.29, 0.717) is 42.8 Å². The van der Waals surface area contributed by atoms with Crippen molar-refractivity contribution in [3.8, 4) is 0 Å². The van der Waals surface area contributed by atoms with Gasteiger partial charge in [0.05, 0.1) is 13.2 Å². The maximum Gasteiger partial charge on any atom is 0.252 e. The van der Waals surface area contributed by atoms with Gasteiger partial charge in [0.15, 0.2) is 0 Å². The van der Waals surface area contributed by atoms with Crippen molar-refractivity contribution in [2.24, 2.45) is 0 Å². The minimum Gasteiger partial charge on any atom is -0.379 e. The van der Waals surface area contributed by atoms with E-state index in [1.54, 1.807) is 6.07 Å². The Bertz CT molecular complexity index is 466. The summed E-state index contributed by atoms with van der Waals surface area (Å²) in [6, 6.07) is 3.50. The highest BCUT2D eigenvalue weighted by atomic mass is 35.5. The third-order valence-electron chi connectivity index (χ3n) is 2.54. The largest absolute Gasteiger partial charge is 0.379 e. The Hall–Kier alpha value is -0.140. The van der Waals surface area contributed by atoms with E-state index in [0.717, 1.165) is 4.88 Å². The molecule has 2 rings (SSSR count). The minimum atomic E-state index is -3.33. The lowest BCUT2D eigenvalue weighted by Gasteiger charge is -2.25. The van der Waals surface area contributed by atoms with Crippen LogP contribution in [0.5, 0.6) is 0 Å². The fourth-order valence-corrected chi connectivity index (χ4v) is 4.87. The topological polar surface area (TPSA) is 46.6 Å². The molecular formula is C10H14ClNO3S2. The fraction of sp³-hybridized carbons (Fsp3) is 0.600. The van der Waals surface area contributed by atoms with Crippen LogP contribution in [0.2, 0.25) is 0 Å². The van der Waals surface area contributed by atoms with Crippen LogP contribution in [0.4, 0.5) is 0 Å². The highest BCUT2D eigenvalue weighted by molar-refractivity contribution is 7.91. The van der Waals surface area contributed by atoms with Crippen LogP contribution in [0.1, 0.15) is 4.88 Å². The molecule has 0 spiro atoms. The van der Waals surface area contributed by atoms with Crippen LogP contribution in [-0.2, 0) is 21.2 Å². The molecule has 0 amide bonds. The minimum absolute atomic E-state index is 0.402. The Balaban J connectivity index is 2.18. The average molecular weight is 296 g/mol. The summed E-state index contributed by atoms with van der Waals surface area (Å²) in [5.41, 5.74) is 0. The third-order valence-corrected chi connectivity index (χ3v) is 6.24. The van der Waals surface area contributed by atoms with E-state index in [9.17, 15) is 8.42 Å². The van der Waals surface area contributed by atoms with E-state index < -0.39 is 10.0 Å². The van der Waals surface area contributed by atoms with E-state index in [-0.39, 0.29) is 0 Å². The summed E-state index contributed by atoms with van der Waals surface area (Å²) >= 11 is 6.94. The molecule has 4 nitrogen and oxygen atoms in total. The van der Waals surface area contributed by atoms with Gasteiger partial charge >= 0.3 is 0 Å². The molecule has 1 aliphatic heterocycles. The smallest absolute Gasteiger partial charge is 0.252 e. The van der Waals surface area contributed by atoms with Gasteiger partial charge in [-0.05, 0) is 18.6 Å². The van der Waals surface area contributed by atoms with Crippen molar-refractivity contribution in [1.82, 2.24) is 4.31 Å². The fourth-order valence-electron chi connectivity index (χ4n) is 1.64. The predicted molar refractivity (Wildman–Crippen MR) is 68.3 cm³/mol. The van der Waals surface area contributed by atoms with Crippen molar-refractivity contribution < 1.29 is 13.2 Å². The lowest BCUT2D eigenvalue weighted by molar-refractivity contribution is 0.0731. The molecule has 1 fully saturated rings. The normalized spacial score (nSPS) is 18.4. The van der Waals surface area contributed by atoms with Crippen LogP contribution in [0, 0.1) is 0 Å². The molecule has 1 saturated heterocycles. The molecule has 7 heteroatoms. The molecule has 2 heterocycles. The second-order valence-corrected chi connectivity index (χ2v) is 7.39. The van der Waals surface area contributed by atoms with Crippen molar-refractivity contribution in [3.63, 3.8) is 0 Å². The zero-order chi connectivity index (χ0) is 12.3. The molecule has 1 aromatic rings. The first kappa shape index (κ1) is 13.3. The molecule has 0 aliphatic carbocycles. The summed E-state index contributed by atoms with van der Waals surface area (Å²) in [6.45, 7) is 1.81. The zero-order valence-electron chi connectivity index (χ0n) is 9.26. The second kappa shape index (κ2) is 5.67. The first-order valence-corrected chi connectivity index (χ1v) is 8.16. The van der Waals surface area contributed by atoms with Crippen molar-refractivity contribution in [2.75, 3.05) is 32.2 Å². The van der Waals surface area contributed by atoms with Crippen LogP contribution < -0.4 is 0 Å². The Morgan fingerprint density at radius 3 is 2.71 bits per heavy atom. The molecule has 0 aromatic carbocycles. The van der Waals surface area contributed by atoms with Gasteiger partial charge in [-0.2, -0.15) is 4.31 Å². The van der Waals surface area contributed by atoms with E-state index in [4.69, 9.17) is 16.3 Å². The molecule has 0 N–H and O–H groups in total. The summed E-state index contributed by atoms with van der Waals surface area (Å²) in [4.78, 5) is 1.01. The van der Waals surface area contributed by atoms with Crippen LogP contribution >= 0.6 is 22.9 Å². The van der Waals surface area contributed by atoms with Crippen molar-refractivity contribution in [2.45, 2.75) is 10.6 Å². The molecule has 0 atom stereocenters. The van der Waals surface area contributed by atoms with Gasteiger partial charge in [0.25, 0.3) is 10.0 Å². The molecule has 17 heavy (non-hydrogen) atoms. The standard InChI is InChI=1S/C10H14ClNO3S2/c11-4-3-9-1-2-10(16-9)17(13,14)12-5-7-15-8-6-12/h1-2H,3-8H2. The number of alkyl halides is 1. The average Bonchev–Trinajstić information content (AvgIpc) is 2.80. The summed E-state index contributed by atoms with van der Waals surface area (Å²) in [5, 5.41) is 0. The van der Waals surface area contributed by atoms with Gasteiger partial charge in [0.1, 0.15) is 4.21 Å². The predicted octanol–water partition coefficient (Wildman–Crippen LogP) is 1.55. The summed E-state index contributed by atoms with van der Waals surface area (Å²) in [6.07, 6.45) is 0.713. The Morgan fingerprint density at radius 2 is 2.06 bits per heavy atom. The number of halogens is 1. The number of morpholine rings is 1. The highest BCUT2D eigenvalue weighted by Crippen LogP contribution is 2.25. The van der Waals surface area contributed by atoms with E-state index in [1.807, 2.05) is 6.07 Å². The Kier molecular flexibility index (Phi) is 4.43. The molecule has 1 aliphatic rings. The number of rotatable bonds is 4. The molecule has 0 unspecified atom stereocenters. The van der Waals surface area contributed by atoms with Gasteiger partial charge in [-0.1, -0.05) is 0 Å². The zero-order valence-corrected chi connectivity index (χ0v) is 11.7. The maximum absolute atomic E-state index is 12.3.